The monoisotopic (exact) mass is 271 g/mol. The van der Waals surface area contributed by atoms with Crippen LogP contribution in [0.15, 0.2) is 18.2 Å². The van der Waals surface area contributed by atoms with E-state index >= 15 is 0 Å². The van der Waals surface area contributed by atoms with Crippen LogP contribution in [0, 0.1) is 0 Å². The number of anilines is 1. The zero-order chi connectivity index (χ0) is 11.3. The fourth-order valence-electron chi connectivity index (χ4n) is 1.43. The number of carbonyl (C=O) groups excluding carboxylic acids is 1. The Morgan fingerprint density at radius 2 is 2.27 bits per heavy atom. The highest BCUT2D eigenvalue weighted by atomic mass is 79.9. The molecule has 0 aliphatic rings. The molecule has 0 spiro atoms. The molecule has 0 aliphatic heterocycles. The smallest absolute Gasteiger partial charge is 0.338 e. The van der Waals surface area contributed by atoms with Crippen LogP contribution >= 0.6 is 15.9 Å². The maximum atomic E-state index is 11.5. The first kappa shape index (κ1) is 12.0. The summed E-state index contributed by atoms with van der Waals surface area (Å²) in [6.07, 6.45) is 1.72. The predicted molar refractivity (Wildman–Crippen MR) is 64.3 cm³/mol. The number of nitrogens with two attached hydrogens (primary N) is 1. The summed E-state index contributed by atoms with van der Waals surface area (Å²) in [5.74, 6) is -0.327. The summed E-state index contributed by atoms with van der Waals surface area (Å²) < 4.78 is 4.71. The van der Waals surface area contributed by atoms with Gasteiger partial charge in [0.1, 0.15) is 0 Å². The summed E-state index contributed by atoms with van der Waals surface area (Å²) in [6.45, 7) is 0. The molecule has 0 unspecified atom stereocenters. The first-order valence-corrected chi connectivity index (χ1v) is 5.84. The second-order valence-electron chi connectivity index (χ2n) is 3.16. The first-order valence-electron chi connectivity index (χ1n) is 4.72. The molecule has 0 amide bonds. The maximum Gasteiger partial charge on any atom is 0.338 e. The molecule has 0 atom stereocenters. The largest absolute Gasteiger partial charge is 0.465 e. The lowest BCUT2D eigenvalue weighted by atomic mass is 10.0. The normalized spacial score (nSPS) is 10.0. The van der Waals surface area contributed by atoms with Crippen molar-refractivity contribution in [2.75, 3.05) is 18.2 Å². The molecule has 0 radical (unpaired) electrons. The summed E-state index contributed by atoms with van der Waals surface area (Å²) in [4.78, 5) is 11.5. The van der Waals surface area contributed by atoms with Gasteiger partial charge in [-0.3, -0.25) is 0 Å². The molecule has 1 rings (SSSR count). The second-order valence-corrected chi connectivity index (χ2v) is 3.95. The van der Waals surface area contributed by atoms with E-state index in [-0.39, 0.29) is 5.97 Å². The molecule has 1 aromatic carbocycles. The van der Waals surface area contributed by atoms with Gasteiger partial charge in [0.05, 0.1) is 12.7 Å². The minimum absolute atomic E-state index is 0.327. The van der Waals surface area contributed by atoms with E-state index in [1.54, 1.807) is 18.2 Å². The molecule has 4 heteroatoms. The van der Waals surface area contributed by atoms with Crippen molar-refractivity contribution in [3.05, 3.63) is 29.3 Å². The lowest BCUT2D eigenvalue weighted by Crippen LogP contribution is -2.08. The van der Waals surface area contributed by atoms with Crippen molar-refractivity contribution in [1.29, 1.82) is 0 Å². The van der Waals surface area contributed by atoms with Crippen LogP contribution in [0.1, 0.15) is 22.3 Å². The number of ether oxygens (including phenoxy) is 1. The molecule has 0 bridgehead atoms. The van der Waals surface area contributed by atoms with Crippen LogP contribution in [-0.4, -0.2) is 18.4 Å². The van der Waals surface area contributed by atoms with Crippen LogP contribution in [0.3, 0.4) is 0 Å². The number of nitrogen functional groups attached to an aromatic ring is 1. The number of hydrogen-bond acceptors (Lipinski definition) is 3. The lowest BCUT2D eigenvalue weighted by Gasteiger charge is -2.09. The van der Waals surface area contributed by atoms with Gasteiger partial charge in [0.25, 0.3) is 0 Å². The summed E-state index contributed by atoms with van der Waals surface area (Å²) in [6, 6.07) is 5.31. The van der Waals surface area contributed by atoms with E-state index in [1.165, 1.54) is 7.11 Å². The lowest BCUT2D eigenvalue weighted by molar-refractivity contribution is 0.0599. The fourth-order valence-corrected chi connectivity index (χ4v) is 1.71. The van der Waals surface area contributed by atoms with Crippen molar-refractivity contribution in [3.8, 4) is 0 Å². The van der Waals surface area contributed by atoms with Crippen LogP contribution in [0.4, 0.5) is 5.69 Å². The SMILES string of the molecule is COC(=O)c1cccc(N)c1CCCBr. The van der Waals surface area contributed by atoms with E-state index in [2.05, 4.69) is 15.9 Å². The van der Waals surface area contributed by atoms with Gasteiger partial charge in [0, 0.05) is 11.0 Å². The van der Waals surface area contributed by atoms with E-state index in [1.807, 2.05) is 0 Å². The van der Waals surface area contributed by atoms with Gasteiger partial charge in [-0.1, -0.05) is 22.0 Å². The molecule has 3 nitrogen and oxygen atoms in total. The summed E-state index contributed by atoms with van der Waals surface area (Å²) >= 11 is 3.35. The second kappa shape index (κ2) is 5.75. The number of halogens is 1. The molecule has 1 aromatic rings. The van der Waals surface area contributed by atoms with Gasteiger partial charge in [0.15, 0.2) is 0 Å². The third kappa shape index (κ3) is 2.96. The Kier molecular flexibility index (Phi) is 4.62. The Labute approximate surface area is 97.7 Å². The van der Waals surface area contributed by atoms with Crippen LogP contribution in [0.25, 0.3) is 0 Å². The fraction of sp³-hybridized carbons (Fsp3) is 0.364. The van der Waals surface area contributed by atoms with Gasteiger partial charge < -0.3 is 10.5 Å². The molecule has 0 heterocycles. The minimum atomic E-state index is -0.327. The number of rotatable bonds is 4. The van der Waals surface area contributed by atoms with Gasteiger partial charge in [-0.2, -0.15) is 0 Å². The molecular formula is C11H14BrNO2. The van der Waals surface area contributed by atoms with Gasteiger partial charge in [-0.15, -0.1) is 0 Å². The minimum Gasteiger partial charge on any atom is -0.465 e. The molecule has 0 aromatic heterocycles. The van der Waals surface area contributed by atoms with Gasteiger partial charge in [-0.05, 0) is 30.5 Å². The van der Waals surface area contributed by atoms with E-state index in [4.69, 9.17) is 10.5 Å². The number of carbonyl (C=O) groups is 1. The molecule has 0 saturated heterocycles. The Morgan fingerprint density at radius 1 is 1.53 bits per heavy atom. The Morgan fingerprint density at radius 3 is 2.87 bits per heavy atom. The Balaban J connectivity index is 3.03. The van der Waals surface area contributed by atoms with E-state index in [0.717, 1.165) is 23.7 Å². The average Bonchev–Trinajstić information content (AvgIpc) is 2.26. The van der Waals surface area contributed by atoms with Crippen molar-refractivity contribution >= 4 is 27.6 Å². The third-order valence-electron chi connectivity index (χ3n) is 2.18. The van der Waals surface area contributed by atoms with Crippen LogP contribution < -0.4 is 5.73 Å². The molecule has 0 fully saturated rings. The number of esters is 1. The topological polar surface area (TPSA) is 52.3 Å². The highest BCUT2D eigenvalue weighted by Crippen LogP contribution is 2.20. The van der Waals surface area contributed by atoms with E-state index in [0.29, 0.717) is 11.3 Å². The quantitative estimate of drug-likeness (QED) is 0.520. The van der Waals surface area contributed by atoms with Crippen LogP contribution in [0.2, 0.25) is 0 Å². The molecule has 82 valence electrons. The third-order valence-corrected chi connectivity index (χ3v) is 2.74. The van der Waals surface area contributed by atoms with Crippen LogP contribution in [0.5, 0.6) is 0 Å². The summed E-state index contributed by atoms with van der Waals surface area (Å²) in [7, 11) is 1.37. The van der Waals surface area contributed by atoms with Crippen molar-refractivity contribution in [1.82, 2.24) is 0 Å². The number of hydrogen-bond donors (Lipinski definition) is 1. The van der Waals surface area contributed by atoms with Gasteiger partial charge >= 0.3 is 5.97 Å². The first-order chi connectivity index (χ1) is 7.20. The summed E-state index contributed by atoms with van der Waals surface area (Å²) in [5, 5.41) is 0.891. The molecular weight excluding hydrogens is 258 g/mol. The molecule has 0 aliphatic carbocycles. The standard InChI is InChI=1S/C11H14BrNO2/c1-15-11(14)9-4-2-6-10(13)8(9)5-3-7-12/h2,4,6H,3,5,7,13H2,1H3. The molecule has 15 heavy (non-hydrogen) atoms. The number of alkyl halides is 1. The predicted octanol–water partition coefficient (Wildman–Crippen LogP) is 2.38. The van der Waals surface area contributed by atoms with E-state index in [9.17, 15) is 4.79 Å². The van der Waals surface area contributed by atoms with Crippen molar-refractivity contribution in [2.45, 2.75) is 12.8 Å². The maximum absolute atomic E-state index is 11.5. The highest BCUT2D eigenvalue weighted by molar-refractivity contribution is 9.09. The molecule has 0 saturated carbocycles. The Hall–Kier alpha value is -1.03. The van der Waals surface area contributed by atoms with Crippen molar-refractivity contribution < 1.29 is 9.53 Å². The zero-order valence-electron chi connectivity index (χ0n) is 8.63. The number of benzene rings is 1. The molecule has 2 N–H and O–H groups in total. The highest BCUT2D eigenvalue weighted by Gasteiger charge is 2.13. The van der Waals surface area contributed by atoms with Gasteiger partial charge in [-0.25, -0.2) is 4.79 Å². The number of methoxy groups -OCH3 is 1. The van der Waals surface area contributed by atoms with Crippen LogP contribution in [-0.2, 0) is 11.2 Å². The average molecular weight is 272 g/mol. The summed E-state index contributed by atoms with van der Waals surface area (Å²) in [5.41, 5.74) is 7.93. The van der Waals surface area contributed by atoms with Crippen molar-refractivity contribution in [3.63, 3.8) is 0 Å². The van der Waals surface area contributed by atoms with Gasteiger partial charge in [0.2, 0.25) is 0 Å². The zero-order valence-corrected chi connectivity index (χ0v) is 10.2. The Bertz CT molecular complexity index is 352. The van der Waals surface area contributed by atoms with Crippen molar-refractivity contribution in [2.24, 2.45) is 0 Å². The van der Waals surface area contributed by atoms with E-state index < -0.39 is 0 Å².